The van der Waals surface area contributed by atoms with Crippen molar-refractivity contribution in [3.63, 3.8) is 0 Å². The van der Waals surface area contributed by atoms with Gasteiger partial charge in [0.05, 0.1) is 16.7 Å². The predicted molar refractivity (Wildman–Crippen MR) is 132 cm³/mol. The normalized spacial score (nSPS) is 14.3. The fourth-order valence-electron chi connectivity index (χ4n) is 4.24. The maximum Gasteiger partial charge on any atom is 0.271 e. The maximum absolute atomic E-state index is 13.2. The van der Waals surface area contributed by atoms with Gasteiger partial charge >= 0.3 is 0 Å². The van der Waals surface area contributed by atoms with E-state index in [1.54, 1.807) is 30.6 Å². The van der Waals surface area contributed by atoms with Crippen LogP contribution in [0.3, 0.4) is 0 Å². The topological polar surface area (TPSA) is 84.2 Å². The summed E-state index contributed by atoms with van der Waals surface area (Å²) in [6.45, 7) is 6.69. The number of hydrogen-bond donors (Lipinski definition) is 0. The summed E-state index contributed by atoms with van der Waals surface area (Å²) >= 11 is 0. The minimum Gasteiger partial charge on any atom is -0.353 e. The van der Waals surface area contributed by atoms with E-state index >= 15 is 0 Å². The molecule has 8 heteroatoms. The Labute approximate surface area is 197 Å². The number of aromatic nitrogens is 4. The molecule has 8 nitrogen and oxygen atoms in total. The zero-order valence-corrected chi connectivity index (χ0v) is 19.3. The molecule has 5 rings (SSSR count). The largest absolute Gasteiger partial charge is 0.353 e. The molecule has 3 heterocycles. The van der Waals surface area contributed by atoms with Crippen molar-refractivity contribution in [3.8, 4) is 5.69 Å². The van der Waals surface area contributed by atoms with Crippen LogP contribution in [0, 0.1) is 13.8 Å². The number of carbonyl (C=O) groups excluding carboxylic acids is 1. The molecule has 1 amide bonds. The molecule has 0 atom stereocenters. The quantitative estimate of drug-likeness (QED) is 0.473. The monoisotopic (exact) mass is 454 g/mol. The van der Waals surface area contributed by atoms with Crippen molar-refractivity contribution in [2.24, 2.45) is 0 Å². The van der Waals surface area contributed by atoms with Crippen LogP contribution in [0.1, 0.15) is 27.9 Å². The first-order chi connectivity index (χ1) is 16.5. The number of anilines is 1. The van der Waals surface area contributed by atoms with E-state index in [1.165, 1.54) is 10.2 Å². The van der Waals surface area contributed by atoms with Crippen LogP contribution < -0.4 is 10.5 Å². The Kier molecular flexibility index (Phi) is 5.79. The smallest absolute Gasteiger partial charge is 0.271 e. The van der Waals surface area contributed by atoms with Gasteiger partial charge < -0.3 is 9.80 Å². The van der Waals surface area contributed by atoms with Crippen LogP contribution >= 0.6 is 0 Å². The van der Waals surface area contributed by atoms with Gasteiger partial charge in [-0.25, -0.2) is 0 Å². The number of nitrogens with zero attached hydrogens (tertiary/aromatic N) is 6. The summed E-state index contributed by atoms with van der Waals surface area (Å²) in [4.78, 5) is 38.3. The number of rotatable bonds is 3. The molecule has 1 saturated heterocycles. The molecular formula is C26H26N6O2. The van der Waals surface area contributed by atoms with E-state index in [2.05, 4.69) is 20.0 Å². The number of amides is 1. The van der Waals surface area contributed by atoms with Crippen molar-refractivity contribution >= 4 is 22.8 Å². The van der Waals surface area contributed by atoms with Crippen LogP contribution in [0.5, 0.6) is 0 Å². The Morgan fingerprint density at radius 2 is 1.65 bits per heavy atom. The molecule has 1 aliphatic heterocycles. The fraction of sp³-hybridized carbons (Fsp3) is 0.269. The standard InChI is InChI=1S/C26H26N6O2/c1-18-4-6-21(16-19(18)2)32-25(33)9-8-24(29-32)30-12-3-13-31(15-14-30)26(34)20-5-7-22-23(17-20)28-11-10-27-22/h4-11,16-17H,3,12-15H2,1-2H3. The summed E-state index contributed by atoms with van der Waals surface area (Å²) < 4.78 is 1.45. The van der Waals surface area contributed by atoms with E-state index in [9.17, 15) is 9.59 Å². The second kappa shape index (κ2) is 9.05. The van der Waals surface area contributed by atoms with Crippen molar-refractivity contribution in [2.75, 3.05) is 31.1 Å². The zero-order valence-electron chi connectivity index (χ0n) is 19.3. The van der Waals surface area contributed by atoms with E-state index in [0.29, 0.717) is 30.7 Å². The van der Waals surface area contributed by atoms with Crippen LogP contribution in [-0.2, 0) is 0 Å². The first-order valence-electron chi connectivity index (χ1n) is 11.4. The van der Waals surface area contributed by atoms with E-state index < -0.39 is 0 Å². The minimum absolute atomic E-state index is 0.0116. The van der Waals surface area contributed by atoms with Gasteiger partial charge in [-0.05, 0) is 67.8 Å². The van der Waals surface area contributed by atoms with Crippen LogP contribution in [0.25, 0.3) is 16.7 Å². The molecule has 0 spiro atoms. The van der Waals surface area contributed by atoms with Crippen molar-refractivity contribution < 1.29 is 4.79 Å². The summed E-state index contributed by atoms with van der Waals surface area (Å²) in [6, 6.07) is 14.7. The average Bonchev–Trinajstić information content (AvgIpc) is 3.12. The highest BCUT2D eigenvalue weighted by Crippen LogP contribution is 2.18. The summed E-state index contributed by atoms with van der Waals surface area (Å²) in [5.74, 6) is 0.718. The average molecular weight is 455 g/mol. The number of aryl methyl sites for hydroxylation is 2. The second-order valence-corrected chi connectivity index (χ2v) is 8.60. The fourth-order valence-corrected chi connectivity index (χ4v) is 4.24. The Morgan fingerprint density at radius 1 is 0.824 bits per heavy atom. The zero-order chi connectivity index (χ0) is 23.7. The molecule has 4 aromatic rings. The Morgan fingerprint density at radius 3 is 2.47 bits per heavy atom. The molecule has 0 unspecified atom stereocenters. The SMILES string of the molecule is Cc1ccc(-n2nc(N3CCCN(C(=O)c4ccc5nccnc5c4)CC3)ccc2=O)cc1C. The van der Waals surface area contributed by atoms with Gasteiger partial charge in [0.25, 0.3) is 11.5 Å². The predicted octanol–water partition coefficient (Wildman–Crippen LogP) is 3.15. The Balaban J connectivity index is 1.34. The van der Waals surface area contributed by atoms with Crippen LogP contribution in [0.4, 0.5) is 5.82 Å². The molecule has 1 aliphatic rings. The first kappa shape index (κ1) is 21.8. The highest BCUT2D eigenvalue weighted by molar-refractivity contribution is 5.97. The lowest BCUT2D eigenvalue weighted by molar-refractivity contribution is 0.0767. The molecule has 172 valence electrons. The van der Waals surface area contributed by atoms with Crippen LogP contribution in [0.2, 0.25) is 0 Å². The lowest BCUT2D eigenvalue weighted by Gasteiger charge is -2.23. The molecule has 34 heavy (non-hydrogen) atoms. The summed E-state index contributed by atoms with van der Waals surface area (Å²) in [5, 5.41) is 4.65. The molecule has 2 aromatic carbocycles. The number of hydrogen-bond acceptors (Lipinski definition) is 6. The van der Waals surface area contributed by atoms with Gasteiger partial charge in [0.1, 0.15) is 5.82 Å². The number of benzene rings is 2. The molecule has 0 saturated carbocycles. The third-order valence-corrected chi connectivity index (χ3v) is 6.34. The van der Waals surface area contributed by atoms with Crippen molar-refractivity contribution in [1.29, 1.82) is 0 Å². The lowest BCUT2D eigenvalue weighted by Crippen LogP contribution is -2.36. The highest BCUT2D eigenvalue weighted by Gasteiger charge is 2.22. The van der Waals surface area contributed by atoms with Gasteiger partial charge in [-0.15, -0.1) is 5.10 Å². The first-order valence-corrected chi connectivity index (χ1v) is 11.4. The summed E-state index contributed by atoms with van der Waals surface area (Å²) in [6.07, 6.45) is 4.08. The minimum atomic E-state index is -0.168. The molecular weight excluding hydrogens is 428 g/mol. The molecule has 1 fully saturated rings. The maximum atomic E-state index is 13.2. The Bertz CT molecular complexity index is 1430. The Hall–Kier alpha value is -4.07. The second-order valence-electron chi connectivity index (χ2n) is 8.60. The van der Waals surface area contributed by atoms with Gasteiger partial charge in [-0.1, -0.05) is 6.07 Å². The lowest BCUT2D eigenvalue weighted by atomic mass is 10.1. The summed E-state index contributed by atoms with van der Waals surface area (Å²) in [7, 11) is 0. The van der Waals surface area contributed by atoms with Gasteiger partial charge in [-0.3, -0.25) is 19.6 Å². The highest BCUT2D eigenvalue weighted by atomic mass is 16.2. The van der Waals surface area contributed by atoms with Crippen LogP contribution in [-0.4, -0.2) is 56.7 Å². The molecule has 0 radical (unpaired) electrons. The van der Waals surface area contributed by atoms with Crippen LogP contribution in [0.15, 0.2) is 65.7 Å². The molecule has 0 N–H and O–H groups in total. The van der Waals surface area contributed by atoms with E-state index in [-0.39, 0.29) is 11.5 Å². The number of fused-ring (bicyclic) bond motifs is 1. The third-order valence-electron chi connectivity index (χ3n) is 6.34. The van der Waals surface area contributed by atoms with Gasteiger partial charge in [0.15, 0.2) is 0 Å². The third kappa shape index (κ3) is 4.26. The van der Waals surface area contributed by atoms with Crippen molar-refractivity contribution in [3.05, 3.63) is 88.0 Å². The van der Waals surface area contributed by atoms with Crippen molar-refractivity contribution in [1.82, 2.24) is 24.6 Å². The van der Waals surface area contributed by atoms with E-state index in [0.717, 1.165) is 35.6 Å². The van der Waals surface area contributed by atoms with E-state index in [1.807, 2.05) is 49.1 Å². The number of carbonyl (C=O) groups is 1. The summed E-state index contributed by atoms with van der Waals surface area (Å²) in [5.41, 5.74) is 4.96. The van der Waals surface area contributed by atoms with E-state index in [4.69, 9.17) is 0 Å². The molecule has 2 aromatic heterocycles. The van der Waals surface area contributed by atoms with Gasteiger partial charge in [0, 0.05) is 50.2 Å². The van der Waals surface area contributed by atoms with Gasteiger partial charge in [0.2, 0.25) is 0 Å². The molecule has 0 aliphatic carbocycles. The van der Waals surface area contributed by atoms with Crippen molar-refractivity contribution in [2.45, 2.75) is 20.3 Å². The van der Waals surface area contributed by atoms with Gasteiger partial charge in [-0.2, -0.15) is 4.68 Å². The molecule has 0 bridgehead atoms.